The third-order valence-electron chi connectivity index (χ3n) is 3.66. The first-order valence-corrected chi connectivity index (χ1v) is 9.87. The lowest BCUT2D eigenvalue weighted by Crippen LogP contribution is -2.24. The minimum atomic E-state index is -0.0931. The Bertz CT molecular complexity index is 981. The van der Waals surface area contributed by atoms with Crippen LogP contribution in [0.15, 0.2) is 58.4 Å². The van der Waals surface area contributed by atoms with Gasteiger partial charge in [-0.05, 0) is 29.8 Å². The zero-order chi connectivity index (χ0) is 19.1. The van der Waals surface area contributed by atoms with Gasteiger partial charge in [0.15, 0.2) is 6.61 Å². The number of hydrogen-bond donors (Lipinski definition) is 1. The summed E-state index contributed by atoms with van der Waals surface area (Å²) in [4.78, 5) is 16.8. The van der Waals surface area contributed by atoms with Crippen molar-refractivity contribution in [1.82, 2.24) is 10.3 Å². The molecule has 0 radical (unpaired) electrons. The first-order chi connectivity index (χ1) is 13.1. The van der Waals surface area contributed by atoms with E-state index in [1.165, 1.54) is 11.3 Å². The molecule has 1 aromatic heterocycles. The third kappa shape index (κ3) is 5.64. The summed E-state index contributed by atoms with van der Waals surface area (Å²) in [5.41, 5.74) is 2.68. The number of thiazole rings is 1. The second kappa shape index (κ2) is 9.31. The highest BCUT2D eigenvalue weighted by Crippen LogP contribution is 2.26. The maximum Gasteiger partial charge on any atom is 0.226 e. The Morgan fingerprint density at radius 3 is 2.93 bits per heavy atom. The molecule has 0 saturated carbocycles. The molecule has 0 saturated heterocycles. The number of rotatable bonds is 7. The van der Waals surface area contributed by atoms with Crippen molar-refractivity contribution < 1.29 is 9.53 Å². The fourth-order valence-corrected chi connectivity index (χ4v) is 3.65. The lowest BCUT2D eigenvalue weighted by molar-refractivity contribution is -0.120. The van der Waals surface area contributed by atoms with Gasteiger partial charge in [-0.3, -0.25) is 4.79 Å². The number of ether oxygens (including phenoxy) is 1. The Labute approximate surface area is 169 Å². The predicted molar refractivity (Wildman–Crippen MR) is 108 cm³/mol. The number of nitriles is 1. The first kappa shape index (κ1) is 19.1. The second-order valence-corrected chi connectivity index (χ2v) is 7.48. The molecule has 0 unspecified atom stereocenters. The highest BCUT2D eigenvalue weighted by Gasteiger charge is 2.09. The van der Waals surface area contributed by atoms with Crippen LogP contribution >= 0.6 is 27.3 Å². The van der Waals surface area contributed by atoms with E-state index in [0.29, 0.717) is 12.3 Å². The summed E-state index contributed by atoms with van der Waals surface area (Å²) >= 11 is 4.98. The first-order valence-electron chi connectivity index (χ1n) is 8.20. The molecule has 3 aromatic rings. The summed E-state index contributed by atoms with van der Waals surface area (Å²) in [5.74, 6) is 0.519. The van der Waals surface area contributed by atoms with E-state index in [0.717, 1.165) is 26.3 Å². The van der Waals surface area contributed by atoms with Gasteiger partial charge in [-0.25, -0.2) is 4.98 Å². The van der Waals surface area contributed by atoms with Gasteiger partial charge in [0.05, 0.1) is 12.1 Å². The molecule has 0 spiro atoms. The number of carbonyl (C=O) groups excluding carboxylic acids is 1. The summed E-state index contributed by atoms with van der Waals surface area (Å²) in [6.45, 7) is 0.394. The molecule has 1 amide bonds. The summed E-state index contributed by atoms with van der Waals surface area (Å²) in [6, 6.07) is 17.2. The average molecular weight is 442 g/mol. The highest BCUT2D eigenvalue weighted by molar-refractivity contribution is 9.10. The fraction of sp³-hybridized carbons (Fsp3) is 0.150. The van der Waals surface area contributed by atoms with Crippen molar-refractivity contribution in [2.45, 2.75) is 13.0 Å². The largest absolute Gasteiger partial charge is 0.479 e. The number of carbonyl (C=O) groups is 1. The fourth-order valence-electron chi connectivity index (χ4n) is 2.43. The van der Waals surface area contributed by atoms with Crippen LogP contribution in [0.3, 0.4) is 0 Å². The Hall–Kier alpha value is -2.69. The molecule has 7 heteroatoms. The zero-order valence-electron chi connectivity index (χ0n) is 14.3. The van der Waals surface area contributed by atoms with Gasteiger partial charge in [0.2, 0.25) is 5.91 Å². The Balaban J connectivity index is 1.55. The van der Waals surface area contributed by atoms with Crippen LogP contribution in [-0.4, -0.2) is 17.5 Å². The molecule has 1 N–H and O–H groups in total. The number of amides is 1. The van der Waals surface area contributed by atoms with Gasteiger partial charge in [-0.15, -0.1) is 11.3 Å². The maximum absolute atomic E-state index is 12.2. The minimum absolute atomic E-state index is 0.0000426. The van der Waals surface area contributed by atoms with E-state index >= 15 is 0 Å². The molecular weight excluding hydrogens is 426 g/mol. The molecule has 0 bridgehead atoms. The maximum atomic E-state index is 12.2. The lowest BCUT2D eigenvalue weighted by Gasteiger charge is -2.07. The molecule has 3 rings (SSSR count). The van der Waals surface area contributed by atoms with Crippen molar-refractivity contribution in [2.24, 2.45) is 0 Å². The van der Waals surface area contributed by atoms with Gasteiger partial charge in [0, 0.05) is 22.0 Å². The van der Waals surface area contributed by atoms with E-state index in [9.17, 15) is 4.79 Å². The predicted octanol–water partition coefficient (Wildman–Crippen LogP) is 4.33. The molecule has 2 aromatic carbocycles. The number of aromatic nitrogens is 1. The summed E-state index contributed by atoms with van der Waals surface area (Å²) in [7, 11) is 0. The monoisotopic (exact) mass is 441 g/mol. The standard InChI is InChI=1S/C20H16BrN3O2S/c21-16-5-2-4-15(10-16)20-24-17(13-27-20)11-19(25)23-12-14-3-1-6-18(9-14)26-8-7-22/h1-6,9-10,13H,8,11-12H2,(H,23,25). The minimum Gasteiger partial charge on any atom is -0.479 e. The summed E-state index contributed by atoms with van der Waals surface area (Å²) in [6.07, 6.45) is 0.231. The van der Waals surface area contributed by atoms with Gasteiger partial charge < -0.3 is 10.1 Å². The Morgan fingerprint density at radius 1 is 1.26 bits per heavy atom. The topological polar surface area (TPSA) is 75.0 Å². The Kier molecular flexibility index (Phi) is 6.58. The van der Waals surface area contributed by atoms with Crippen molar-refractivity contribution in [1.29, 1.82) is 5.26 Å². The third-order valence-corrected chi connectivity index (χ3v) is 5.09. The van der Waals surface area contributed by atoms with Crippen LogP contribution in [0.2, 0.25) is 0 Å². The highest BCUT2D eigenvalue weighted by atomic mass is 79.9. The quantitative estimate of drug-likeness (QED) is 0.591. The molecule has 1 heterocycles. The Morgan fingerprint density at radius 2 is 2.11 bits per heavy atom. The lowest BCUT2D eigenvalue weighted by atomic mass is 10.2. The normalized spacial score (nSPS) is 10.2. The van der Waals surface area contributed by atoms with Crippen LogP contribution < -0.4 is 10.1 Å². The van der Waals surface area contributed by atoms with E-state index in [1.54, 1.807) is 6.07 Å². The van der Waals surface area contributed by atoms with Gasteiger partial charge in [-0.1, -0.05) is 40.2 Å². The zero-order valence-corrected chi connectivity index (χ0v) is 16.7. The van der Waals surface area contributed by atoms with E-state index in [4.69, 9.17) is 10.00 Å². The number of nitrogens with zero attached hydrogens (tertiary/aromatic N) is 2. The van der Waals surface area contributed by atoms with E-state index < -0.39 is 0 Å². The molecule has 136 valence electrons. The van der Waals surface area contributed by atoms with Crippen molar-refractivity contribution in [2.75, 3.05) is 6.61 Å². The van der Waals surface area contributed by atoms with Crippen molar-refractivity contribution in [3.05, 3.63) is 69.6 Å². The van der Waals surface area contributed by atoms with Crippen LogP contribution in [0.1, 0.15) is 11.3 Å². The van der Waals surface area contributed by atoms with Gasteiger partial charge in [-0.2, -0.15) is 5.26 Å². The number of hydrogen-bond acceptors (Lipinski definition) is 5. The van der Waals surface area contributed by atoms with Gasteiger partial charge in [0.25, 0.3) is 0 Å². The molecule has 0 atom stereocenters. The molecular formula is C20H16BrN3O2S. The molecule has 0 aliphatic rings. The average Bonchev–Trinajstić information content (AvgIpc) is 3.13. The summed E-state index contributed by atoms with van der Waals surface area (Å²) in [5, 5.41) is 14.2. The smallest absolute Gasteiger partial charge is 0.226 e. The SMILES string of the molecule is N#CCOc1cccc(CNC(=O)Cc2csc(-c3cccc(Br)c3)n2)c1. The van der Waals surface area contributed by atoms with E-state index in [1.807, 2.05) is 53.9 Å². The van der Waals surface area contributed by atoms with Gasteiger partial charge in [0.1, 0.15) is 16.8 Å². The number of nitrogens with one attached hydrogen (secondary N) is 1. The van der Waals surface area contributed by atoms with Crippen LogP contribution in [0.25, 0.3) is 10.6 Å². The van der Waals surface area contributed by atoms with E-state index in [2.05, 4.69) is 26.2 Å². The number of benzene rings is 2. The second-order valence-electron chi connectivity index (χ2n) is 5.70. The van der Waals surface area contributed by atoms with Crippen LogP contribution in [0.5, 0.6) is 5.75 Å². The van der Waals surface area contributed by atoms with E-state index in [-0.39, 0.29) is 18.9 Å². The van der Waals surface area contributed by atoms with Crippen LogP contribution in [0.4, 0.5) is 0 Å². The van der Waals surface area contributed by atoms with Crippen molar-refractivity contribution in [3.8, 4) is 22.4 Å². The molecule has 27 heavy (non-hydrogen) atoms. The van der Waals surface area contributed by atoms with Crippen molar-refractivity contribution in [3.63, 3.8) is 0 Å². The number of halogens is 1. The molecule has 0 aliphatic carbocycles. The van der Waals surface area contributed by atoms with Crippen LogP contribution in [-0.2, 0) is 17.8 Å². The molecule has 0 fully saturated rings. The molecule has 5 nitrogen and oxygen atoms in total. The van der Waals surface area contributed by atoms with Crippen LogP contribution in [0, 0.1) is 11.3 Å². The summed E-state index contributed by atoms with van der Waals surface area (Å²) < 4.78 is 6.26. The molecule has 0 aliphatic heterocycles. The van der Waals surface area contributed by atoms with Crippen molar-refractivity contribution >= 4 is 33.2 Å². The van der Waals surface area contributed by atoms with Gasteiger partial charge >= 0.3 is 0 Å².